The van der Waals surface area contributed by atoms with Gasteiger partial charge in [-0.2, -0.15) is 0 Å². The normalized spacial score (nSPS) is 10.9. The van der Waals surface area contributed by atoms with E-state index in [1.807, 2.05) is 18.2 Å². The number of H-pyrrole nitrogens is 1. The van der Waals surface area contributed by atoms with Crippen LogP contribution < -0.4 is 9.22 Å². The van der Waals surface area contributed by atoms with Crippen LogP contribution in [0, 0.1) is 3.57 Å². The van der Waals surface area contributed by atoms with Crippen LogP contribution in [0.4, 0.5) is 0 Å². The van der Waals surface area contributed by atoms with Gasteiger partial charge in [-0.25, -0.2) is 0 Å². The molecule has 3 aromatic rings. The second-order valence-corrected chi connectivity index (χ2v) is 7.24. The summed E-state index contributed by atoms with van der Waals surface area (Å²) in [6.07, 6.45) is 1.55. The molecule has 0 saturated carbocycles. The summed E-state index contributed by atoms with van der Waals surface area (Å²) in [5.41, 5.74) is 1.62. The average Bonchev–Trinajstić information content (AvgIpc) is 2.85. The monoisotopic (exact) mass is 460 g/mol. The molecule has 0 bridgehead atoms. The molecule has 1 unspecified atom stereocenters. The molecule has 2 aromatic heterocycles. The van der Waals surface area contributed by atoms with Crippen molar-refractivity contribution in [1.82, 2.24) is 19.9 Å². The number of hydrogen-bond donors (Lipinski definition) is 1. The number of nitrogens with one attached hydrogen (secondary N) is 1. The van der Waals surface area contributed by atoms with E-state index >= 15 is 0 Å². The topological polar surface area (TPSA) is 63.7 Å². The third-order valence-corrected chi connectivity index (χ3v) is 5.81. The summed E-state index contributed by atoms with van der Waals surface area (Å²) in [6, 6.07) is 5.98. The van der Waals surface area contributed by atoms with E-state index in [4.69, 9.17) is 4.74 Å². The predicted molar refractivity (Wildman–Crippen MR) is 89.7 cm³/mol. The summed E-state index contributed by atoms with van der Waals surface area (Å²) < 4.78 is 7.37. The van der Waals surface area contributed by atoms with Crippen molar-refractivity contribution in [2.24, 2.45) is 0 Å². The number of nitrogens with zero attached hydrogens (tertiary/aromatic N) is 3. The van der Waals surface area contributed by atoms with Gasteiger partial charge in [0.25, 0.3) is 0 Å². The molecule has 0 aliphatic carbocycles. The first kappa shape index (κ1) is 14.2. The molecular weight excluding hydrogens is 450 g/mol. The SMILES string of the molecule is COc1ccc(I)c(Sc2nc3ncnc([AsH2])c3[nH]2)c1. The molecule has 102 valence electrons. The van der Waals surface area contributed by atoms with Crippen molar-refractivity contribution in [2.45, 2.75) is 10.1 Å². The van der Waals surface area contributed by atoms with E-state index in [-0.39, 0.29) is 0 Å². The molecule has 20 heavy (non-hydrogen) atoms. The van der Waals surface area contributed by atoms with E-state index in [1.165, 1.54) is 16.9 Å². The van der Waals surface area contributed by atoms with Gasteiger partial charge in [0.15, 0.2) is 0 Å². The van der Waals surface area contributed by atoms with Crippen molar-refractivity contribution < 1.29 is 4.74 Å². The number of aromatic amines is 1. The van der Waals surface area contributed by atoms with Crippen molar-refractivity contribution >= 4 is 66.9 Å². The van der Waals surface area contributed by atoms with Crippen molar-refractivity contribution in [3.8, 4) is 5.75 Å². The zero-order chi connectivity index (χ0) is 14.1. The van der Waals surface area contributed by atoms with Gasteiger partial charge in [0.1, 0.15) is 0 Å². The van der Waals surface area contributed by atoms with Crippen LogP contribution in [0.15, 0.2) is 34.6 Å². The van der Waals surface area contributed by atoms with Gasteiger partial charge in [0.05, 0.1) is 0 Å². The van der Waals surface area contributed by atoms with Gasteiger partial charge in [-0.3, -0.25) is 0 Å². The predicted octanol–water partition coefficient (Wildman–Crippen LogP) is 1.38. The zero-order valence-electron chi connectivity index (χ0n) is 10.4. The Kier molecular flexibility index (Phi) is 4.18. The Morgan fingerprint density at radius 2 is 2.20 bits per heavy atom. The Morgan fingerprint density at radius 3 is 2.95 bits per heavy atom. The number of benzene rings is 1. The summed E-state index contributed by atoms with van der Waals surface area (Å²) in [4.78, 5) is 17.2. The zero-order valence-corrected chi connectivity index (χ0v) is 15.8. The van der Waals surface area contributed by atoms with Gasteiger partial charge < -0.3 is 0 Å². The summed E-state index contributed by atoms with van der Waals surface area (Å²) in [5, 5.41) is 0.811. The second-order valence-electron chi connectivity index (χ2n) is 3.90. The van der Waals surface area contributed by atoms with Crippen LogP contribution in [0.1, 0.15) is 0 Å². The molecule has 0 saturated heterocycles. The van der Waals surface area contributed by atoms with Crippen LogP contribution >= 0.6 is 34.4 Å². The summed E-state index contributed by atoms with van der Waals surface area (Å²) >= 11 is 5.32. The van der Waals surface area contributed by atoms with E-state index in [0.717, 1.165) is 29.4 Å². The van der Waals surface area contributed by atoms with Gasteiger partial charge in [-0.15, -0.1) is 0 Å². The number of hydrogen-bond acceptors (Lipinski definition) is 5. The van der Waals surface area contributed by atoms with Crippen LogP contribution in [0.3, 0.4) is 0 Å². The quantitative estimate of drug-likeness (QED) is 0.473. The Bertz CT molecular complexity index is 779. The van der Waals surface area contributed by atoms with E-state index in [2.05, 4.69) is 42.5 Å². The molecule has 0 spiro atoms. The average molecular weight is 460 g/mol. The first-order valence-corrected chi connectivity index (χ1v) is 8.75. The molecule has 1 aromatic carbocycles. The van der Waals surface area contributed by atoms with Crippen LogP contribution in [-0.2, 0) is 0 Å². The number of aromatic nitrogens is 4. The Balaban J connectivity index is 1.99. The molecule has 0 radical (unpaired) electrons. The standard InChI is InChI=1S/C12H10AsIN4OS/c1-19-6-2-3-7(14)8(4-6)20-12-17-9-10(13)15-5-16-11(9)18-12/h2-5H,13H2,1H3,(H,15,16,17,18). The summed E-state index contributed by atoms with van der Waals surface area (Å²) in [7, 11) is 1.67. The van der Waals surface area contributed by atoms with Gasteiger partial charge in [-0.05, 0) is 0 Å². The molecule has 0 aliphatic rings. The maximum atomic E-state index is 5.26. The molecule has 0 amide bonds. The summed E-state index contributed by atoms with van der Waals surface area (Å²) in [6.45, 7) is 0. The third-order valence-electron chi connectivity index (χ3n) is 2.64. The van der Waals surface area contributed by atoms with Crippen LogP contribution in [0.25, 0.3) is 11.2 Å². The molecule has 2 heterocycles. The fourth-order valence-electron chi connectivity index (χ4n) is 1.67. The fraction of sp³-hybridized carbons (Fsp3) is 0.0833. The van der Waals surface area contributed by atoms with E-state index in [0.29, 0.717) is 5.65 Å². The first-order chi connectivity index (χ1) is 9.67. The van der Waals surface area contributed by atoms with Crippen LogP contribution in [0.5, 0.6) is 5.75 Å². The molecule has 8 heteroatoms. The first-order valence-electron chi connectivity index (χ1n) is 5.65. The van der Waals surface area contributed by atoms with Crippen molar-refractivity contribution in [3.63, 3.8) is 0 Å². The Morgan fingerprint density at radius 1 is 1.35 bits per heavy atom. The molecule has 1 atom stereocenters. The molecular formula is C12H10AsIN4OS. The van der Waals surface area contributed by atoms with Gasteiger partial charge in [0.2, 0.25) is 0 Å². The number of methoxy groups -OCH3 is 1. The van der Waals surface area contributed by atoms with Crippen LogP contribution in [0.2, 0.25) is 0 Å². The minimum absolute atomic E-state index is 0.708. The van der Waals surface area contributed by atoms with E-state index in [9.17, 15) is 0 Å². The number of ether oxygens (including phenoxy) is 1. The number of imidazole rings is 1. The Labute approximate surface area is 142 Å². The molecule has 1 N–H and O–H groups in total. The molecule has 3 rings (SSSR count). The number of halogens is 1. The van der Waals surface area contributed by atoms with E-state index in [1.54, 1.807) is 25.2 Å². The molecule has 5 nitrogen and oxygen atoms in total. The molecule has 0 aliphatic heterocycles. The third kappa shape index (κ3) is 2.80. The van der Waals surface area contributed by atoms with Crippen molar-refractivity contribution in [1.29, 1.82) is 0 Å². The van der Waals surface area contributed by atoms with Gasteiger partial charge in [-0.1, -0.05) is 0 Å². The van der Waals surface area contributed by atoms with E-state index < -0.39 is 0 Å². The second kappa shape index (κ2) is 5.91. The molecule has 0 fully saturated rings. The van der Waals surface area contributed by atoms with Crippen molar-refractivity contribution in [2.75, 3.05) is 7.11 Å². The number of rotatable bonds is 3. The van der Waals surface area contributed by atoms with Gasteiger partial charge in [0, 0.05) is 0 Å². The number of fused-ring (bicyclic) bond motifs is 1. The van der Waals surface area contributed by atoms with Crippen LogP contribution in [-0.4, -0.2) is 43.9 Å². The fourth-order valence-corrected chi connectivity index (χ4v) is 3.73. The Hall–Kier alpha value is -0.792. The maximum absolute atomic E-state index is 5.26. The minimum atomic E-state index is 0.708. The van der Waals surface area contributed by atoms with Crippen molar-refractivity contribution in [3.05, 3.63) is 28.1 Å². The summed E-state index contributed by atoms with van der Waals surface area (Å²) in [5.74, 6) is 0.836. The van der Waals surface area contributed by atoms with Gasteiger partial charge >= 0.3 is 143 Å².